The fourth-order valence-electron chi connectivity index (χ4n) is 4.63. The number of ketones is 2. The summed E-state index contributed by atoms with van der Waals surface area (Å²) in [7, 11) is 0. The zero-order valence-electron chi connectivity index (χ0n) is 25.8. The molecule has 0 fully saturated rings. The monoisotopic (exact) mass is 588 g/mol. The lowest BCUT2D eigenvalue weighted by Gasteiger charge is -2.33. The Balaban J connectivity index is 0. The predicted molar refractivity (Wildman–Crippen MR) is 159 cm³/mol. The molecule has 0 aromatic carbocycles. The second-order valence-corrected chi connectivity index (χ2v) is 12.9. The first kappa shape index (κ1) is 40.6. The van der Waals surface area contributed by atoms with E-state index >= 15 is 0 Å². The Morgan fingerprint density at radius 3 is 1.75 bits per heavy atom. The minimum Gasteiger partial charge on any atom is -0.480 e. The van der Waals surface area contributed by atoms with Crippen molar-refractivity contribution in [3.8, 4) is 0 Å². The molecule has 0 heterocycles. The molecule has 0 aliphatic carbocycles. The average molecular weight is 589 g/mol. The van der Waals surface area contributed by atoms with Gasteiger partial charge in [-0.15, -0.1) is 0 Å². The highest BCUT2D eigenvalue weighted by atomic mass is 32.2. The van der Waals surface area contributed by atoms with Crippen LogP contribution in [0.4, 0.5) is 0 Å². The summed E-state index contributed by atoms with van der Waals surface area (Å²) < 4.78 is 10.2. The van der Waals surface area contributed by atoms with E-state index in [1.54, 1.807) is 0 Å². The number of carboxylic acids is 1. The van der Waals surface area contributed by atoms with Gasteiger partial charge in [0.25, 0.3) is 0 Å². The van der Waals surface area contributed by atoms with E-state index in [-0.39, 0.29) is 24.8 Å². The fourth-order valence-corrected chi connectivity index (χ4v) is 5.65. The van der Waals surface area contributed by atoms with Gasteiger partial charge in [0.2, 0.25) is 0 Å². The summed E-state index contributed by atoms with van der Waals surface area (Å²) in [5.74, 6) is 3.15. The van der Waals surface area contributed by atoms with Gasteiger partial charge in [0.1, 0.15) is 18.2 Å². The molecule has 0 aliphatic rings. The fraction of sp³-hybridized carbons (Fsp3) is 0.871. The van der Waals surface area contributed by atoms with Crippen molar-refractivity contribution in [2.45, 2.75) is 118 Å². The number of Topliss-reactive ketones (excluding diaryl/α,β-unsaturated/α-hetero) is 2. The minimum atomic E-state index is -0.983. The summed E-state index contributed by atoms with van der Waals surface area (Å²) >= 11 is 2.02. The number of rotatable bonds is 26. The van der Waals surface area contributed by atoms with Crippen LogP contribution in [0.3, 0.4) is 0 Å². The minimum absolute atomic E-state index is 0.194. The molecule has 0 amide bonds. The first-order chi connectivity index (χ1) is 18.9. The molecule has 1 atom stereocenters. The number of hydrogen-bond acceptors (Lipinski definition) is 8. The third kappa shape index (κ3) is 29.4. The number of ether oxygens (including phenoxy) is 2. The average Bonchev–Trinajstić information content (AvgIpc) is 2.86. The molecule has 234 valence electrons. The van der Waals surface area contributed by atoms with E-state index in [0.29, 0.717) is 55.9 Å². The van der Waals surface area contributed by atoms with Gasteiger partial charge in [0.05, 0.1) is 13.2 Å². The summed E-state index contributed by atoms with van der Waals surface area (Å²) in [5, 5.41) is 8.44. The molecular weight excluding hydrogens is 532 g/mol. The lowest BCUT2D eigenvalue weighted by molar-refractivity contribution is -0.191. The summed E-state index contributed by atoms with van der Waals surface area (Å²) in [6.45, 7) is 12.0. The Hall–Kier alpha value is -1.54. The second-order valence-electron chi connectivity index (χ2n) is 11.7. The number of hydrogen-bond donors (Lipinski definition) is 1. The Morgan fingerprint density at radius 1 is 0.725 bits per heavy atom. The molecule has 0 radical (unpaired) electrons. The molecular formula is C31H56O8S. The van der Waals surface area contributed by atoms with Crippen LogP contribution in [0.2, 0.25) is 0 Å². The van der Waals surface area contributed by atoms with Crippen molar-refractivity contribution in [2.75, 3.05) is 37.9 Å². The quantitative estimate of drug-likeness (QED) is 0.109. The molecule has 0 aromatic heterocycles. The van der Waals surface area contributed by atoms with Crippen molar-refractivity contribution < 1.29 is 38.6 Å². The van der Waals surface area contributed by atoms with Crippen molar-refractivity contribution in [3.63, 3.8) is 0 Å². The Morgan fingerprint density at radius 2 is 1.20 bits per heavy atom. The SMILES string of the molecule is CC(C)C(CC(=O)CCCCCCCSCCCCCC(=O)CCCOCCOCC(=O)O)C(C)(C)C.O=C=O. The zero-order valence-corrected chi connectivity index (χ0v) is 26.6. The highest BCUT2D eigenvalue weighted by molar-refractivity contribution is 7.99. The van der Waals surface area contributed by atoms with Gasteiger partial charge < -0.3 is 14.6 Å². The van der Waals surface area contributed by atoms with E-state index < -0.39 is 5.97 Å². The number of carbonyl (C=O) groups is 3. The molecule has 9 heteroatoms. The van der Waals surface area contributed by atoms with Gasteiger partial charge in [-0.1, -0.05) is 60.3 Å². The topological polar surface area (TPSA) is 124 Å². The molecule has 8 nitrogen and oxygen atoms in total. The van der Waals surface area contributed by atoms with Gasteiger partial charge in [-0.05, 0) is 60.9 Å². The van der Waals surface area contributed by atoms with E-state index in [4.69, 9.17) is 24.2 Å². The first-order valence-corrected chi connectivity index (χ1v) is 16.1. The Bertz CT molecular complexity index is 681. The van der Waals surface area contributed by atoms with Gasteiger partial charge >= 0.3 is 12.1 Å². The molecule has 0 saturated carbocycles. The molecule has 0 aliphatic heterocycles. The Kier molecular flexibility index (Phi) is 28.0. The molecule has 0 aromatic rings. The van der Waals surface area contributed by atoms with Gasteiger partial charge in [-0.2, -0.15) is 21.4 Å². The number of carbonyl (C=O) groups excluding carboxylic acids is 4. The van der Waals surface area contributed by atoms with Crippen LogP contribution in [0, 0.1) is 17.3 Å². The van der Waals surface area contributed by atoms with Crippen LogP contribution in [0.5, 0.6) is 0 Å². The third-order valence-electron chi connectivity index (χ3n) is 6.70. The number of carboxylic acid groups (broad SMARTS) is 1. The lowest BCUT2D eigenvalue weighted by atomic mass is 9.71. The second kappa shape index (κ2) is 27.6. The summed E-state index contributed by atoms with van der Waals surface area (Å²) in [4.78, 5) is 50.9. The van der Waals surface area contributed by atoms with E-state index in [1.165, 1.54) is 43.6 Å². The van der Waals surface area contributed by atoms with Gasteiger partial charge in [0, 0.05) is 32.3 Å². The normalized spacial score (nSPS) is 11.9. The summed E-state index contributed by atoms with van der Waals surface area (Å²) in [6, 6.07) is 0. The van der Waals surface area contributed by atoms with E-state index in [9.17, 15) is 14.4 Å². The summed E-state index contributed by atoms with van der Waals surface area (Å²) in [6.07, 6.45) is 12.8. The largest absolute Gasteiger partial charge is 0.480 e. The number of thioether (sulfide) groups is 1. The van der Waals surface area contributed by atoms with Crippen LogP contribution in [0.15, 0.2) is 0 Å². The standard InChI is InChI=1S/C30H56O6S.CO2/c1-25(2)28(30(3,4)5)23-27(32)16-10-7-6-8-12-21-37-22-13-9-11-15-26(31)17-14-18-35-19-20-36-24-29(33)34;2-1-3/h25,28H,6-24H2,1-5H3,(H,33,34);. The number of unbranched alkanes of at least 4 members (excludes halogenated alkanes) is 6. The van der Waals surface area contributed by atoms with Crippen LogP contribution in [-0.4, -0.2) is 66.7 Å². The molecule has 0 saturated heterocycles. The molecule has 0 spiro atoms. The highest BCUT2D eigenvalue weighted by Crippen LogP contribution is 2.35. The van der Waals surface area contributed by atoms with Gasteiger partial charge in [-0.3, -0.25) is 9.59 Å². The predicted octanol–water partition coefficient (Wildman–Crippen LogP) is 6.78. The molecule has 1 N–H and O–H groups in total. The molecule has 40 heavy (non-hydrogen) atoms. The maximum Gasteiger partial charge on any atom is 0.373 e. The van der Waals surface area contributed by atoms with Crippen molar-refractivity contribution in [2.24, 2.45) is 17.3 Å². The van der Waals surface area contributed by atoms with Crippen molar-refractivity contribution in [3.05, 3.63) is 0 Å². The maximum absolute atomic E-state index is 12.4. The third-order valence-corrected chi connectivity index (χ3v) is 7.85. The first-order valence-electron chi connectivity index (χ1n) is 14.9. The molecule has 1 unspecified atom stereocenters. The van der Waals surface area contributed by atoms with Crippen molar-refractivity contribution in [1.82, 2.24) is 0 Å². The molecule has 0 rings (SSSR count). The van der Waals surface area contributed by atoms with E-state index in [2.05, 4.69) is 34.6 Å². The number of aliphatic carboxylic acids is 1. The smallest absolute Gasteiger partial charge is 0.373 e. The van der Waals surface area contributed by atoms with Crippen LogP contribution in [0.25, 0.3) is 0 Å². The lowest BCUT2D eigenvalue weighted by Crippen LogP contribution is -2.27. The maximum atomic E-state index is 12.4. The zero-order chi connectivity index (χ0) is 30.7. The summed E-state index contributed by atoms with van der Waals surface area (Å²) in [5.41, 5.74) is 0.194. The van der Waals surface area contributed by atoms with E-state index in [1.807, 2.05) is 11.8 Å². The van der Waals surface area contributed by atoms with Crippen molar-refractivity contribution in [1.29, 1.82) is 0 Å². The molecule has 0 bridgehead atoms. The van der Waals surface area contributed by atoms with Crippen LogP contribution in [-0.2, 0) is 33.4 Å². The van der Waals surface area contributed by atoms with E-state index in [0.717, 1.165) is 32.1 Å². The highest BCUT2D eigenvalue weighted by Gasteiger charge is 2.29. The van der Waals surface area contributed by atoms with Crippen LogP contribution < -0.4 is 0 Å². The van der Waals surface area contributed by atoms with Crippen LogP contribution in [0.1, 0.15) is 118 Å². The van der Waals surface area contributed by atoms with Gasteiger partial charge in [-0.25, -0.2) is 4.79 Å². The van der Waals surface area contributed by atoms with Gasteiger partial charge in [0.15, 0.2) is 0 Å². The van der Waals surface area contributed by atoms with Crippen molar-refractivity contribution >= 4 is 35.4 Å². The van der Waals surface area contributed by atoms with Crippen LogP contribution >= 0.6 is 11.8 Å². The Labute approximate surface area is 247 Å².